The predicted octanol–water partition coefficient (Wildman–Crippen LogP) is 3.08. The highest BCUT2D eigenvalue weighted by atomic mass is 15.1. The maximum absolute atomic E-state index is 4.77. The van der Waals surface area contributed by atoms with Crippen molar-refractivity contribution in [1.29, 1.82) is 0 Å². The Morgan fingerprint density at radius 1 is 1.24 bits per heavy atom. The number of nitrogens with zero attached hydrogens (tertiary/aromatic N) is 4. The van der Waals surface area contributed by atoms with Gasteiger partial charge in [0.25, 0.3) is 0 Å². The summed E-state index contributed by atoms with van der Waals surface area (Å²) >= 11 is 0. The molecule has 6 nitrogen and oxygen atoms in total. The molecule has 130 valence electrons. The van der Waals surface area contributed by atoms with Crippen LogP contribution in [0.1, 0.15) is 38.2 Å². The molecule has 0 amide bonds. The molecular weight excluding hydrogens is 312 g/mol. The van der Waals surface area contributed by atoms with Crippen molar-refractivity contribution in [2.24, 2.45) is 0 Å². The van der Waals surface area contributed by atoms with Crippen molar-refractivity contribution < 1.29 is 0 Å². The van der Waals surface area contributed by atoms with E-state index in [0.29, 0.717) is 12.0 Å². The van der Waals surface area contributed by atoms with Gasteiger partial charge >= 0.3 is 0 Å². The highest BCUT2D eigenvalue weighted by Gasteiger charge is 2.14. The summed E-state index contributed by atoms with van der Waals surface area (Å²) < 4.78 is 2.10. The molecule has 0 aromatic carbocycles. The zero-order chi connectivity index (χ0) is 17.2. The lowest BCUT2D eigenvalue weighted by Crippen LogP contribution is -2.38. The molecule has 1 aliphatic rings. The van der Waals surface area contributed by atoms with Crippen molar-refractivity contribution in [2.45, 2.75) is 38.6 Å². The van der Waals surface area contributed by atoms with Crippen LogP contribution < -0.4 is 10.6 Å². The van der Waals surface area contributed by atoms with Crippen LogP contribution in [0.2, 0.25) is 0 Å². The average molecular weight is 336 g/mol. The minimum absolute atomic E-state index is 0.410. The van der Waals surface area contributed by atoms with Crippen LogP contribution in [0.3, 0.4) is 0 Å². The van der Waals surface area contributed by atoms with E-state index in [1.54, 1.807) is 12.4 Å². The molecule has 0 spiro atoms. The maximum Gasteiger partial charge on any atom is 0.145 e. The summed E-state index contributed by atoms with van der Waals surface area (Å²) in [5.74, 6) is 1.29. The van der Waals surface area contributed by atoms with E-state index in [2.05, 4.69) is 57.2 Å². The monoisotopic (exact) mass is 336 g/mol. The largest absolute Gasteiger partial charge is 0.365 e. The van der Waals surface area contributed by atoms with Crippen LogP contribution in [0.4, 0.5) is 5.82 Å². The molecule has 3 aromatic rings. The number of fused-ring (bicyclic) bond motifs is 1. The van der Waals surface area contributed by atoms with Gasteiger partial charge in [0.15, 0.2) is 0 Å². The van der Waals surface area contributed by atoms with Gasteiger partial charge in [-0.05, 0) is 36.9 Å². The third-order valence-electron chi connectivity index (χ3n) is 4.74. The van der Waals surface area contributed by atoms with Gasteiger partial charge in [0.05, 0.1) is 24.3 Å². The van der Waals surface area contributed by atoms with Crippen LogP contribution in [-0.4, -0.2) is 38.5 Å². The Morgan fingerprint density at radius 2 is 2.16 bits per heavy atom. The Hall–Kier alpha value is -2.47. The fraction of sp³-hybridized carbons (Fsp3) is 0.421. The van der Waals surface area contributed by atoms with Crippen molar-refractivity contribution in [3.05, 3.63) is 42.5 Å². The number of imidazole rings is 1. The third-order valence-corrected chi connectivity index (χ3v) is 4.74. The zero-order valence-electron chi connectivity index (χ0n) is 14.7. The van der Waals surface area contributed by atoms with Gasteiger partial charge in [-0.15, -0.1) is 0 Å². The van der Waals surface area contributed by atoms with Gasteiger partial charge in [0.2, 0.25) is 0 Å². The topological polar surface area (TPSA) is 67.1 Å². The summed E-state index contributed by atoms with van der Waals surface area (Å²) in [6.45, 7) is 6.46. The van der Waals surface area contributed by atoms with E-state index in [-0.39, 0.29) is 0 Å². The Labute approximate surface area is 147 Å². The second kappa shape index (κ2) is 6.80. The smallest absolute Gasteiger partial charge is 0.145 e. The number of hydrogen-bond donors (Lipinski definition) is 2. The van der Waals surface area contributed by atoms with Crippen LogP contribution in [0, 0.1) is 0 Å². The number of pyridine rings is 1. The lowest BCUT2D eigenvalue weighted by molar-refractivity contribution is 0.479. The van der Waals surface area contributed by atoms with Crippen LogP contribution in [0.5, 0.6) is 0 Å². The number of rotatable bonds is 4. The molecule has 4 rings (SSSR count). The SMILES string of the molecule is CC(C)c1ccc2ncc(-c3cncc(NC4CCCNC4)n3)n2c1. The average Bonchev–Trinajstić information content (AvgIpc) is 3.06. The molecule has 2 N–H and O–H groups in total. The van der Waals surface area contributed by atoms with Crippen molar-refractivity contribution in [2.75, 3.05) is 18.4 Å². The lowest BCUT2D eigenvalue weighted by atomic mass is 10.1. The summed E-state index contributed by atoms with van der Waals surface area (Å²) in [5, 5.41) is 6.91. The molecule has 4 heterocycles. The molecule has 3 aromatic heterocycles. The summed E-state index contributed by atoms with van der Waals surface area (Å²) in [6.07, 6.45) is 9.96. The van der Waals surface area contributed by atoms with E-state index in [9.17, 15) is 0 Å². The van der Waals surface area contributed by atoms with Crippen LogP contribution in [-0.2, 0) is 0 Å². The van der Waals surface area contributed by atoms with E-state index in [1.165, 1.54) is 12.0 Å². The van der Waals surface area contributed by atoms with E-state index >= 15 is 0 Å². The quantitative estimate of drug-likeness (QED) is 0.766. The number of nitrogens with one attached hydrogen (secondary N) is 2. The van der Waals surface area contributed by atoms with Gasteiger partial charge in [0, 0.05) is 18.8 Å². The first-order chi connectivity index (χ1) is 12.2. The van der Waals surface area contributed by atoms with E-state index in [1.807, 2.05) is 6.20 Å². The molecule has 25 heavy (non-hydrogen) atoms. The molecule has 1 aliphatic heterocycles. The first-order valence-corrected chi connectivity index (χ1v) is 8.97. The van der Waals surface area contributed by atoms with Crippen molar-refractivity contribution >= 4 is 11.5 Å². The number of anilines is 1. The number of aromatic nitrogens is 4. The van der Waals surface area contributed by atoms with Gasteiger partial charge in [0.1, 0.15) is 17.2 Å². The minimum atomic E-state index is 0.410. The Morgan fingerprint density at radius 3 is 2.96 bits per heavy atom. The highest BCUT2D eigenvalue weighted by molar-refractivity contribution is 5.61. The van der Waals surface area contributed by atoms with Crippen LogP contribution in [0.15, 0.2) is 36.9 Å². The van der Waals surface area contributed by atoms with E-state index < -0.39 is 0 Å². The number of hydrogen-bond acceptors (Lipinski definition) is 5. The van der Waals surface area contributed by atoms with Crippen LogP contribution >= 0.6 is 0 Å². The van der Waals surface area contributed by atoms with Gasteiger partial charge in [-0.1, -0.05) is 19.9 Å². The highest BCUT2D eigenvalue weighted by Crippen LogP contribution is 2.23. The second-order valence-corrected chi connectivity index (χ2v) is 6.97. The van der Waals surface area contributed by atoms with Gasteiger partial charge < -0.3 is 10.6 Å². The molecule has 6 heteroatoms. The fourth-order valence-corrected chi connectivity index (χ4v) is 3.27. The zero-order valence-corrected chi connectivity index (χ0v) is 14.7. The summed E-state index contributed by atoms with van der Waals surface area (Å²) in [6, 6.07) is 4.60. The molecule has 1 atom stereocenters. The van der Waals surface area contributed by atoms with E-state index in [0.717, 1.165) is 42.4 Å². The van der Waals surface area contributed by atoms with Gasteiger partial charge in [-0.2, -0.15) is 0 Å². The summed E-state index contributed by atoms with van der Waals surface area (Å²) in [5.41, 5.74) is 4.01. The molecule has 0 radical (unpaired) electrons. The predicted molar refractivity (Wildman–Crippen MR) is 99.8 cm³/mol. The standard InChI is InChI=1S/C19H24N6/c1-13(2)14-5-6-19-22-10-17(25(19)12-14)16-9-21-11-18(24-16)23-15-4-3-7-20-8-15/h5-6,9-13,15,20H,3-4,7-8H2,1-2H3,(H,23,24). The molecule has 1 saturated heterocycles. The van der Waals surface area contributed by atoms with Crippen molar-refractivity contribution in [1.82, 2.24) is 24.7 Å². The lowest BCUT2D eigenvalue weighted by Gasteiger charge is -2.24. The first kappa shape index (κ1) is 16.0. The van der Waals surface area contributed by atoms with Crippen molar-refractivity contribution in [3.63, 3.8) is 0 Å². The number of piperidine rings is 1. The summed E-state index contributed by atoms with van der Waals surface area (Å²) in [4.78, 5) is 13.7. The summed E-state index contributed by atoms with van der Waals surface area (Å²) in [7, 11) is 0. The molecular formula is C19H24N6. The third kappa shape index (κ3) is 3.35. The van der Waals surface area contributed by atoms with Crippen LogP contribution in [0.25, 0.3) is 17.0 Å². The second-order valence-electron chi connectivity index (χ2n) is 6.97. The normalized spacial score (nSPS) is 18.0. The molecule has 0 bridgehead atoms. The van der Waals surface area contributed by atoms with Crippen molar-refractivity contribution in [3.8, 4) is 11.4 Å². The maximum atomic E-state index is 4.77. The fourth-order valence-electron chi connectivity index (χ4n) is 3.27. The van der Waals surface area contributed by atoms with Gasteiger partial charge in [-0.25, -0.2) is 9.97 Å². The first-order valence-electron chi connectivity index (χ1n) is 8.97. The Kier molecular flexibility index (Phi) is 4.36. The Bertz CT molecular complexity index is 863. The van der Waals surface area contributed by atoms with E-state index in [4.69, 9.17) is 4.98 Å². The molecule has 0 aliphatic carbocycles. The Balaban J connectivity index is 1.66. The molecule has 1 unspecified atom stereocenters. The minimum Gasteiger partial charge on any atom is -0.365 e. The van der Waals surface area contributed by atoms with Gasteiger partial charge in [-0.3, -0.25) is 9.38 Å². The molecule has 1 fully saturated rings. The molecule has 0 saturated carbocycles.